The van der Waals surface area contributed by atoms with Gasteiger partial charge in [-0.05, 0) is 48.4 Å². The highest BCUT2D eigenvalue weighted by molar-refractivity contribution is 5.72. The van der Waals surface area contributed by atoms with E-state index in [1.54, 1.807) is 0 Å². The molecule has 4 nitrogen and oxygen atoms in total. The zero-order valence-corrected chi connectivity index (χ0v) is 11.6. The van der Waals surface area contributed by atoms with E-state index in [1.807, 2.05) is 49.4 Å². The fourth-order valence-electron chi connectivity index (χ4n) is 1.76. The summed E-state index contributed by atoms with van der Waals surface area (Å²) < 4.78 is 10.4. The molecule has 2 aromatic rings. The Morgan fingerprint density at radius 1 is 1.10 bits per heavy atom. The van der Waals surface area contributed by atoms with Gasteiger partial charge in [0.25, 0.3) is 0 Å². The molecule has 0 radical (unpaired) electrons. The largest absolute Gasteiger partial charge is 0.469 e. The third-order valence-electron chi connectivity index (χ3n) is 2.98. The van der Waals surface area contributed by atoms with Crippen molar-refractivity contribution < 1.29 is 14.3 Å². The van der Waals surface area contributed by atoms with E-state index in [9.17, 15) is 4.79 Å². The highest BCUT2D eigenvalue weighted by Gasteiger charge is 2.04. The third kappa shape index (κ3) is 3.51. The minimum Gasteiger partial charge on any atom is -0.469 e. The molecule has 104 valence electrons. The Balaban J connectivity index is 2.06. The first-order valence-electron chi connectivity index (χ1n) is 6.28. The van der Waals surface area contributed by atoms with Crippen molar-refractivity contribution in [3.05, 3.63) is 53.6 Å². The predicted octanol–water partition coefficient (Wildman–Crippen LogP) is 3.09. The molecule has 2 N–H and O–H groups in total. The van der Waals surface area contributed by atoms with Crippen LogP contribution < -0.4 is 10.5 Å². The van der Waals surface area contributed by atoms with Crippen molar-refractivity contribution in [2.24, 2.45) is 0 Å². The van der Waals surface area contributed by atoms with Crippen molar-refractivity contribution in [1.82, 2.24) is 0 Å². The van der Waals surface area contributed by atoms with Crippen LogP contribution in [0.3, 0.4) is 0 Å². The van der Waals surface area contributed by atoms with Gasteiger partial charge in [0, 0.05) is 5.69 Å². The quantitative estimate of drug-likeness (QED) is 0.685. The summed E-state index contributed by atoms with van der Waals surface area (Å²) in [5.74, 6) is 1.19. The SMILES string of the molecule is COC(=O)Cc1ccc(Oc2ccc(N)c(C)c2)cc1. The Kier molecular flexibility index (Phi) is 4.25. The molecule has 0 aromatic heterocycles. The van der Waals surface area contributed by atoms with Crippen LogP contribution in [-0.4, -0.2) is 13.1 Å². The zero-order valence-electron chi connectivity index (χ0n) is 11.6. The minimum absolute atomic E-state index is 0.257. The Bertz CT molecular complexity index is 606. The van der Waals surface area contributed by atoms with Crippen LogP contribution in [0, 0.1) is 6.92 Å². The molecule has 0 aliphatic rings. The Labute approximate surface area is 118 Å². The summed E-state index contributed by atoms with van der Waals surface area (Å²) in [5, 5.41) is 0. The molecule has 0 aliphatic heterocycles. The van der Waals surface area contributed by atoms with Gasteiger partial charge < -0.3 is 15.2 Å². The number of ether oxygens (including phenoxy) is 2. The summed E-state index contributed by atoms with van der Waals surface area (Å²) in [6.07, 6.45) is 0.262. The maximum Gasteiger partial charge on any atom is 0.309 e. The number of anilines is 1. The molecule has 0 heterocycles. The summed E-state index contributed by atoms with van der Waals surface area (Å²) in [6.45, 7) is 1.93. The number of aryl methyl sites for hydroxylation is 1. The molecule has 0 unspecified atom stereocenters. The molecule has 0 saturated heterocycles. The van der Waals surface area contributed by atoms with Crippen LogP contribution in [0.4, 0.5) is 5.69 Å². The number of benzene rings is 2. The van der Waals surface area contributed by atoms with Gasteiger partial charge in [-0.25, -0.2) is 0 Å². The molecule has 2 aromatic carbocycles. The topological polar surface area (TPSA) is 61.5 Å². The third-order valence-corrected chi connectivity index (χ3v) is 2.98. The number of hydrogen-bond donors (Lipinski definition) is 1. The first kappa shape index (κ1) is 13.9. The Morgan fingerprint density at radius 3 is 2.35 bits per heavy atom. The summed E-state index contributed by atoms with van der Waals surface area (Å²) in [7, 11) is 1.38. The lowest BCUT2D eigenvalue weighted by Crippen LogP contribution is -2.04. The monoisotopic (exact) mass is 271 g/mol. The highest BCUT2D eigenvalue weighted by atomic mass is 16.5. The molecular formula is C16H17NO3. The standard InChI is InChI=1S/C16H17NO3/c1-11-9-14(7-8-15(11)17)20-13-5-3-12(4-6-13)10-16(18)19-2/h3-9H,10,17H2,1-2H3. The minimum atomic E-state index is -0.257. The highest BCUT2D eigenvalue weighted by Crippen LogP contribution is 2.25. The molecule has 20 heavy (non-hydrogen) atoms. The van der Waals surface area contributed by atoms with Crippen LogP contribution in [0.15, 0.2) is 42.5 Å². The van der Waals surface area contributed by atoms with Gasteiger partial charge in [-0.2, -0.15) is 0 Å². The number of esters is 1. The second kappa shape index (κ2) is 6.10. The maximum atomic E-state index is 11.2. The molecule has 4 heteroatoms. The van der Waals surface area contributed by atoms with Crippen LogP contribution in [0.25, 0.3) is 0 Å². The smallest absolute Gasteiger partial charge is 0.309 e. The molecule has 0 fully saturated rings. The maximum absolute atomic E-state index is 11.2. The molecular weight excluding hydrogens is 254 g/mol. The van der Waals surface area contributed by atoms with Gasteiger partial charge in [-0.1, -0.05) is 12.1 Å². The van der Waals surface area contributed by atoms with Crippen LogP contribution in [-0.2, 0) is 16.0 Å². The van der Waals surface area contributed by atoms with E-state index in [0.717, 1.165) is 22.6 Å². The van der Waals surface area contributed by atoms with Crippen LogP contribution in [0.5, 0.6) is 11.5 Å². The zero-order chi connectivity index (χ0) is 14.5. The van der Waals surface area contributed by atoms with Gasteiger partial charge in [-0.15, -0.1) is 0 Å². The molecule has 0 saturated carbocycles. The van der Waals surface area contributed by atoms with Gasteiger partial charge in [0.15, 0.2) is 0 Å². The number of carbonyl (C=O) groups excluding carboxylic acids is 1. The summed E-state index contributed by atoms with van der Waals surface area (Å²) >= 11 is 0. The Hall–Kier alpha value is -2.49. The van der Waals surface area contributed by atoms with Gasteiger partial charge >= 0.3 is 5.97 Å². The van der Waals surface area contributed by atoms with Crippen molar-refractivity contribution in [1.29, 1.82) is 0 Å². The number of hydrogen-bond acceptors (Lipinski definition) is 4. The van der Waals surface area contributed by atoms with Crippen molar-refractivity contribution in [2.45, 2.75) is 13.3 Å². The van der Waals surface area contributed by atoms with Crippen molar-refractivity contribution in [3.63, 3.8) is 0 Å². The van der Waals surface area contributed by atoms with Crippen molar-refractivity contribution >= 4 is 11.7 Å². The Morgan fingerprint density at radius 2 is 1.75 bits per heavy atom. The van der Waals surface area contributed by atoms with E-state index >= 15 is 0 Å². The number of nitrogens with two attached hydrogens (primary N) is 1. The summed E-state index contributed by atoms with van der Waals surface area (Å²) in [5.41, 5.74) is 8.37. The molecule has 0 atom stereocenters. The first-order valence-corrected chi connectivity index (χ1v) is 6.28. The molecule has 0 aliphatic carbocycles. The van der Waals surface area contributed by atoms with E-state index in [0.29, 0.717) is 5.75 Å². The molecule has 2 rings (SSSR count). The number of rotatable bonds is 4. The molecule has 0 spiro atoms. The number of nitrogen functional groups attached to an aromatic ring is 1. The van der Waals surface area contributed by atoms with E-state index in [4.69, 9.17) is 10.5 Å². The van der Waals surface area contributed by atoms with E-state index in [-0.39, 0.29) is 12.4 Å². The summed E-state index contributed by atoms with van der Waals surface area (Å²) in [4.78, 5) is 11.2. The normalized spacial score (nSPS) is 10.1. The summed E-state index contributed by atoms with van der Waals surface area (Å²) in [6, 6.07) is 12.9. The second-order valence-corrected chi connectivity index (χ2v) is 4.52. The van der Waals surface area contributed by atoms with Gasteiger partial charge in [0.05, 0.1) is 13.5 Å². The van der Waals surface area contributed by atoms with Crippen LogP contribution in [0.1, 0.15) is 11.1 Å². The lowest BCUT2D eigenvalue weighted by atomic mass is 10.1. The average molecular weight is 271 g/mol. The van der Waals surface area contributed by atoms with Crippen LogP contribution in [0.2, 0.25) is 0 Å². The van der Waals surface area contributed by atoms with Crippen LogP contribution >= 0.6 is 0 Å². The van der Waals surface area contributed by atoms with Gasteiger partial charge in [-0.3, -0.25) is 4.79 Å². The van der Waals surface area contributed by atoms with E-state index < -0.39 is 0 Å². The first-order chi connectivity index (χ1) is 9.58. The van der Waals surface area contributed by atoms with E-state index in [2.05, 4.69) is 4.74 Å². The lowest BCUT2D eigenvalue weighted by molar-refractivity contribution is -0.139. The molecule has 0 bridgehead atoms. The number of carbonyl (C=O) groups is 1. The van der Waals surface area contributed by atoms with E-state index in [1.165, 1.54) is 7.11 Å². The average Bonchev–Trinajstić information content (AvgIpc) is 2.45. The second-order valence-electron chi connectivity index (χ2n) is 4.52. The predicted molar refractivity (Wildman–Crippen MR) is 77.8 cm³/mol. The van der Waals surface area contributed by atoms with Gasteiger partial charge in [0.2, 0.25) is 0 Å². The lowest BCUT2D eigenvalue weighted by Gasteiger charge is -2.08. The van der Waals surface area contributed by atoms with Gasteiger partial charge in [0.1, 0.15) is 11.5 Å². The van der Waals surface area contributed by atoms with Crippen molar-refractivity contribution in [2.75, 3.05) is 12.8 Å². The fraction of sp³-hybridized carbons (Fsp3) is 0.188. The fourth-order valence-corrected chi connectivity index (χ4v) is 1.76. The van der Waals surface area contributed by atoms with Crippen molar-refractivity contribution in [3.8, 4) is 11.5 Å². The number of methoxy groups -OCH3 is 1. The molecule has 0 amide bonds.